The number of pyridine rings is 6. The molecular formula is C71H68Cl2FN11O8. The van der Waals surface area contributed by atoms with Crippen LogP contribution in [0.3, 0.4) is 0 Å². The van der Waals surface area contributed by atoms with E-state index in [2.05, 4.69) is 85.7 Å². The summed E-state index contributed by atoms with van der Waals surface area (Å²) in [6, 6.07) is 37.8. The van der Waals surface area contributed by atoms with Crippen molar-refractivity contribution in [1.82, 2.24) is 45.5 Å². The number of morpholine rings is 3. The van der Waals surface area contributed by atoms with Gasteiger partial charge in [-0.25, -0.2) is 14.0 Å². The molecule has 4 aromatic carbocycles. The van der Waals surface area contributed by atoms with Crippen molar-refractivity contribution in [2.24, 2.45) is 0 Å². The molecule has 1 amide bonds. The largest absolute Gasteiger partial charge is 0.465 e. The van der Waals surface area contributed by atoms with Crippen molar-refractivity contribution in [3.8, 4) is 0 Å². The number of ether oxygens (including phenoxy) is 5. The van der Waals surface area contributed by atoms with Crippen molar-refractivity contribution in [2.75, 3.05) is 103 Å². The fourth-order valence-electron chi connectivity index (χ4n) is 10.9. The number of carbonyl (C=O) groups excluding carboxylic acids is 3. The number of esters is 2. The maximum atomic E-state index is 14.5. The summed E-state index contributed by atoms with van der Waals surface area (Å²) in [7, 11) is 2.74. The number of amides is 1. The van der Waals surface area contributed by atoms with E-state index in [4.69, 9.17) is 46.9 Å². The van der Waals surface area contributed by atoms with Crippen LogP contribution in [0.15, 0.2) is 165 Å². The fourth-order valence-corrected chi connectivity index (χ4v) is 11.3. The van der Waals surface area contributed by atoms with E-state index in [1.165, 1.54) is 20.3 Å². The number of aromatic amines is 1. The van der Waals surface area contributed by atoms with Gasteiger partial charge in [-0.3, -0.25) is 34.7 Å². The molecule has 3 aliphatic heterocycles. The average Bonchev–Trinajstić information content (AvgIpc) is 1.28. The van der Waals surface area contributed by atoms with Crippen LogP contribution in [-0.4, -0.2) is 146 Å². The number of aromatic nitrogens is 7. The molecule has 3 aliphatic rings. The van der Waals surface area contributed by atoms with E-state index in [-0.39, 0.29) is 24.4 Å². The highest BCUT2D eigenvalue weighted by Crippen LogP contribution is 2.28. The Hall–Kier alpha value is -9.54. The van der Waals surface area contributed by atoms with Gasteiger partial charge in [-0.1, -0.05) is 41.4 Å². The predicted molar refractivity (Wildman–Crippen MR) is 358 cm³/mol. The zero-order valence-corrected chi connectivity index (χ0v) is 52.9. The van der Waals surface area contributed by atoms with Crippen LogP contribution in [0, 0.1) is 5.82 Å². The molecule has 93 heavy (non-hydrogen) atoms. The Labute approximate surface area is 546 Å². The highest BCUT2D eigenvalue weighted by atomic mass is 35.5. The number of halogens is 3. The van der Waals surface area contributed by atoms with Crippen LogP contribution < -0.4 is 20.4 Å². The van der Waals surface area contributed by atoms with Gasteiger partial charge in [-0.05, 0) is 120 Å². The van der Waals surface area contributed by atoms with E-state index in [9.17, 15) is 18.8 Å². The van der Waals surface area contributed by atoms with E-state index in [0.29, 0.717) is 62.5 Å². The van der Waals surface area contributed by atoms with Crippen LogP contribution in [0.1, 0.15) is 70.4 Å². The van der Waals surface area contributed by atoms with Crippen molar-refractivity contribution in [3.63, 3.8) is 0 Å². The molecule has 0 spiro atoms. The van der Waals surface area contributed by atoms with Gasteiger partial charge in [0.25, 0.3) is 5.91 Å². The lowest BCUT2D eigenvalue weighted by molar-refractivity contribution is 0.0591. The molecule has 0 atom stereocenters. The first kappa shape index (κ1) is 65.0. The molecule has 0 aliphatic carbocycles. The van der Waals surface area contributed by atoms with Gasteiger partial charge in [0, 0.05) is 151 Å². The lowest BCUT2D eigenvalue weighted by atomic mass is 10.0. The summed E-state index contributed by atoms with van der Waals surface area (Å²) in [5, 5.41) is 10.9. The third-order valence-electron chi connectivity index (χ3n) is 15.7. The number of H-pyrrole nitrogens is 1. The van der Waals surface area contributed by atoms with Crippen LogP contribution in [0.4, 0.5) is 15.8 Å². The molecule has 3 N–H and O–H groups in total. The van der Waals surface area contributed by atoms with Crippen LogP contribution in [0.2, 0.25) is 10.0 Å². The van der Waals surface area contributed by atoms with Gasteiger partial charge in [0.05, 0.1) is 115 Å². The standard InChI is InChI=1S/C29H25ClFN5O2.C21H21N3O3.C17H13ClN2O2.C4H9NO/c30-25-17-34-28-14-26(31)21(13-24(25)28)15-35-29(37)19-3-4-32-22(11-19)10-18-1-2-27-20(9-18)12-23(16-33-27)36-5-7-38-8-6-36;1-26-21(25)16-4-5-22-18(12-16)11-15-2-3-20-17(10-15)13-19(14-23-20)24-6-8-27-9-7-24;1-22-17(21)12-4-5-19-15(9-12)7-11-2-3-16-13(6-11)8-14(18)10-20-16;1-3-6-4-2-5-1/h1-4,9,11-14,16-17,34H,5-8,10,15H2,(H,35,37);2-5,10,12-14H,6-9,11H2,1H3;2-6,8-10H,7H2,1H3;5H,1-4H2. The minimum atomic E-state index is -0.408. The number of nitrogens with zero attached hydrogens (tertiary/aromatic N) is 8. The first-order valence-corrected chi connectivity index (χ1v) is 31.2. The molecule has 14 rings (SSSR count). The monoisotopic (exact) mass is 1290 g/mol. The summed E-state index contributed by atoms with van der Waals surface area (Å²) >= 11 is 12.1. The van der Waals surface area contributed by atoms with Crippen molar-refractivity contribution >= 4 is 96.0 Å². The third kappa shape index (κ3) is 17.5. The third-order valence-corrected chi connectivity index (χ3v) is 16.2. The number of benzene rings is 4. The lowest BCUT2D eigenvalue weighted by Crippen LogP contribution is -2.36. The minimum Gasteiger partial charge on any atom is -0.465 e. The van der Waals surface area contributed by atoms with E-state index in [0.717, 1.165) is 157 Å². The molecule has 3 saturated heterocycles. The molecule has 0 unspecified atom stereocenters. The molecule has 7 aromatic heterocycles. The van der Waals surface area contributed by atoms with Gasteiger partial charge in [0.1, 0.15) is 5.82 Å². The number of carbonyl (C=O) groups is 3. The molecule has 476 valence electrons. The van der Waals surface area contributed by atoms with E-state index in [1.807, 2.05) is 54.9 Å². The summed E-state index contributed by atoms with van der Waals surface area (Å²) in [5.74, 6) is -1.42. The normalized spacial score (nSPS) is 13.9. The van der Waals surface area contributed by atoms with Crippen molar-refractivity contribution < 1.29 is 42.5 Å². The summed E-state index contributed by atoms with van der Waals surface area (Å²) in [6.07, 6.45) is 13.8. The van der Waals surface area contributed by atoms with Gasteiger partial charge in [-0.2, -0.15) is 0 Å². The van der Waals surface area contributed by atoms with Crippen molar-refractivity contribution in [3.05, 3.63) is 237 Å². The second-order valence-electron chi connectivity index (χ2n) is 22.1. The first-order chi connectivity index (χ1) is 45.4. The zero-order chi connectivity index (χ0) is 64.5. The van der Waals surface area contributed by atoms with E-state index < -0.39 is 5.82 Å². The quantitative estimate of drug-likeness (QED) is 0.0913. The number of rotatable bonds is 13. The first-order valence-electron chi connectivity index (χ1n) is 30.4. The number of methoxy groups -OCH3 is 2. The molecule has 0 bridgehead atoms. The second-order valence-corrected chi connectivity index (χ2v) is 23.0. The Morgan fingerprint density at radius 2 is 0.989 bits per heavy atom. The highest BCUT2D eigenvalue weighted by molar-refractivity contribution is 6.35. The highest BCUT2D eigenvalue weighted by Gasteiger charge is 2.17. The Morgan fingerprint density at radius 3 is 1.45 bits per heavy atom. The number of anilines is 2. The second kappa shape index (κ2) is 31.7. The molecule has 22 heteroatoms. The maximum Gasteiger partial charge on any atom is 0.337 e. The van der Waals surface area contributed by atoms with E-state index in [1.54, 1.807) is 73.4 Å². The Balaban J connectivity index is 0.000000141. The molecule has 0 radical (unpaired) electrons. The molecular weight excluding hydrogens is 1220 g/mol. The van der Waals surface area contributed by atoms with Crippen LogP contribution >= 0.6 is 23.2 Å². The van der Waals surface area contributed by atoms with Gasteiger partial charge in [-0.15, -0.1) is 0 Å². The SMILES string of the molecule is C1COCCN1.COC(=O)c1ccnc(Cc2ccc3ncc(Cl)cc3c2)c1.COC(=O)c1ccnc(Cc2ccc3ncc(N4CCOCC4)cc3c2)c1.O=C(NCc1cc2c(Cl)c[nH]c2cc1F)c1ccnc(Cc2ccc3ncc(N4CCOCC4)cc3c2)c1. The smallest absolute Gasteiger partial charge is 0.337 e. The zero-order valence-electron chi connectivity index (χ0n) is 51.4. The number of fused-ring (bicyclic) bond motifs is 4. The summed E-state index contributed by atoms with van der Waals surface area (Å²) in [5.41, 5.74) is 13.1. The lowest BCUT2D eigenvalue weighted by Gasteiger charge is -2.28. The molecule has 11 aromatic rings. The molecule has 10 heterocycles. The van der Waals surface area contributed by atoms with Gasteiger partial charge in [0.15, 0.2) is 0 Å². The van der Waals surface area contributed by atoms with Crippen LogP contribution in [0.25, 0.3) is 43.6 Å². The Bertz CT molecular complexity index is 4420. The molecule has 0 saturated carbocycles. The topological polar surface area (TPSA) is 221 Å². The average molecular weight is 1290 g/mol. The summed E-state index contributed by atoms with van der Waals surface area (Å²) in [4.78, 5) is 70.3. The summed E-state index contributed by atoms with van der Waals surface area (Å²) in [6.45, 7) is 10.3. The predicted octanol–water partition coefficient (Wildman–Crippen LogP) is 11.4. The van der Waals surface area contributed by atoms with Crippen LogP contribution in [-0.2, 0) is 49.5 Å². The molecule has 3 fully saturated rings. The maximum absolute atomic E-state index is 14.5. The molecule has 19 nitrogen and oxygen atoms in total. The Kier molecular flexibility index (Phi) is 22.1. The van der Waals surface area contributed by atoms with Gasteiger partial charge < -0.3 is 49.1 Å². The van der Waals surface area contributed by atoms with E-state index >= 15 is 0 Å². The van der Waals surface area contributed by atoms with Crippen LogP contribution in [0.5, 0.6) is 0 Å². The van der Waals surface area contributed by atoms with Crippen molar-refractivity contribution in [1.29, 1.82) is 0 Å². The number of nitrogens with one attached hydrogen (secondary N) is 3. The number of hydrogen-bond donors (Lipinski definition) is 3. The minimum absolute atomic E-state index is 0.0446. The van der Waals surface area contributed by atoms with Gasteiger partial charge in [0.2, 0.25) is 0 Å². The fraction of sp³-hybridized carbons (Fsp3) is 0.254. The Morgan fingerprint density at radius 1 is 0.538 bits per heavy atom. The van der Waals surface area contributed by atoms with Gasteiger partial charge >= 0.3 is 11.9 Å². The summed E-state index contributed by atoms with van der Waals surface area (Å²) < 4.78 is 39.9. The van der Waals surface area contributed by atoms with Crippen molar-refractivity contribution in [2.45, 2.75) is 25.8 Å². The number of hydrogen-bond acceptors (Lipinski definition) is 17.